The third-order valence-corrected chi connectivity index (χ3v) is 5.22. The summed E-state index contributed by atoms with van der Waals surface area (Å²) in [6, 6.07) is 0. The molecule has 0 amide bonds. The van der Waals surface area contributed by atoms with E-state index < -0.39 is 0 Å². The highest BCUT2D eigenvalue weighted by Crippen LogP contribution is 2.56. The second-order valence-electron chi connectivity index (χ2n) is 7.93. The fourth-order valence-electron chi connectivity index (χ4n) is 4.36. The van der Waals surface area contributed by atoms with Crippen molar-refractivity contribution in [3.05, 3.63) is 17.5 Å². The van der Waals surface area contributed by atoms with Gasteiger partial charge in [-0.15, -0.1) is 0 Å². The van der Waals surface area contributed by atoms with Crippen LogP contribution in [-0.4, -0.2) is 9.78 Å². The zero-order chi connectivity index (χ0) is 13.8. The van der Waals surface area contributed by atoms with E-state index in [0.717, 1.165) is 23.7 Å². The summed E-state index contributed by atoms with van der Waals surface area (Å²) in [7, 11) is 0. The highest BCUT2D eigenvalue weighted by atomic mass is 15.3. The first kappa shape index (κ1) is 13.2. The van der Waals surface area contributed by atoms with E-state index in [4.69, 9.17) is 0 Å². The van der Waals surface area contributed by atoms with E-state index in [1.54, 1.807) is 0 Å². The Balaban J connectivity index is 1.82. The molecule has 1 aromatic heterocycles. The molecule has 2 aliphatic rings. The molecule has 106 valence electrons. The lowest BCUT2D eigenvalue weighted by Crippen LogP contribution is -2.26. The predicted molar refractivity (Wildman–Crippen MR) is 79.2 cm³/mol. The minimum atomic E-state index is 0.118. The van der Waals surface area contributed by atoms with Gasteiger partial charge in [-0.3, -0.25) is 4.68 Å². The van der Waals surface area contributed by atoms with Crippen LogP contribution in [-0.2, 0) is 18.4 Å². The van der Waals surface area contributed by atoms with Gasteiger partial charge < -0.3 is 0 Å². The zero-order valence-electron chi connectivity index (χ0n) is 13.1. The van der Waals surface area contributed by atoms with E-state index in [1.165, 1.54) is 36.9 Å². The Morgan fingerprint density at radius 1 is 1.16 bits per heavy atom. The molecule has 1 saturated carbocycles. The Hall–Kier alpha value is -0.790. The van der Waals surface area contributed by atoms with Crippen molar-refractivity contribution in [1.29, 1.82) is 0 Å². The van der Waals surface area contributed by atoms with Crippen molar-refractivity contribution in [3.63, 3.8) is 0 Å². The summed E-state index contributed by atoms with van der Waals surface area (Å²) in [5.74, 6) is 3.87. The summed E-state index contributed by atoms with van der Waals surface area (Å²) in [6.45, 7) is 11.6. The van der Waals surface area contributed by atoms with Crippen molar-refractivity contribution in [2.45, 2.75) is 65.8 Å². The lowest BCUT2D eigenvalue weighted by atomic mass is 9.98. The minimum absolute atomic E-state index is 0.118. The molecule has 19 heavy (non-hydrogen) atoms. The summed E-state index contributed by atoms with van der Waals surface area (Å²) >= 11 is 0. The van der Waals surface area contributed by atoms with E-state index in [1.807, 2.05) is 0 Å². The van der Waals surface area contributed by atoms with Crippen LogP contribution >= 0.6 is 0 Å². The van der Waals surface area contributed by atoms with Gasteiger partial charge in [-0.25, -0.2) is 0 Å². The van der Waals surface area contributed by atoms with Crippen LogP contribution in [0.5, 0.6) is 0 Å². The molecular formula is C17H28N2. The first-order valence-corrected chi connectivity index (χ1v) is 7.96. The Morgan fingerprint density at radius 3 is 2.37 bits per heavy atom. The van der Waals surface area contributed by atoms with Crippen molar-refractivity contribution < 1.29 is 0 Å². The molecule has 3 rings (SSSR count). The summed E-state index contributed by atoms with van der Waals surface area (Å²) in [4.78, 5) is 0. The van der Waals surface area contributed by atoms with Gasteiger partial charge in [0, 0.05) is 5.69 Å². The number of aryl methyl sites for hydroxylation is 1. The van der Waals surface area contributed by atoms with Crippen LogP contribution < -0.4 is 0 Å². The molecule has 0 N–H and O–H groups in total. The molecule has 0 bridgehead atoms. The number of fused-ring (bicyclic) bond motifs is 2. The van der Waals surface area contributed by atoms with Crippen molar-refractivity contribution in [2.24, 2.45) is 23.7 Å². The molecule has 0 aliphatic heterocycles. The Morgan fingerprint density at radius 2 is 1.79 bits per heavy atom. The lowest BCUT2D eigenvalue weighted by molar-refractivity contribution is 0.339. The van der Waals surface area contributed by atoms with E-state index in [9.17, 15) is 0 Å². The summed E-state index contributed by atoms with van der Waals surface area (Å²) in [5, 5.41) is 4.66. The number of aromatic nitrogens is 2. The molecule has 2 aliphatic carbocycles. The van der Waals surface area contributed by atoms with Gasteiger partial charge in [0.05, 0.1) is 11.7 Å². The molecular weight excluding hydrogens is 232 g/mol. The topological polar surface area (TPSA) is 17.8 Å². The van der Waals surface area contributed by atoms with Gasteiger partial charge in [-0.05, 0) is 75.7 Å². The second-order valence-corrected chi connectivity index (χ2v) is 7.93. The quantitative estimate of drug-likeness (QED) is 0.745. The molecule has 0 aromatic carbocycles. The van der Waals surface area contributed by atoms with Crippen LogP contribution in [0.25, 0.3) is 0 Å². The van der Waals surface area contributed by atoms with Gasteiger partial charge in [0.15, 0.2) is 0 Å². The Bertz CT molecular complexity index is 464. The van der Waals surface area contributed by atoms with Gasteiger partial charge in [-0.2, -0.15) is 5.10 Å². The predicted octanol–water partition coefficient (Wildman–Crippen LogP) is 4.04. The van der Waals surface area contributed by atoms with Gasteiger partial charge in [-0.1, -0.05) is 13.8 Å². The summed E-state index contributed by atoms with van der Waals surface area (Å²) < 4.78 is 2.27. The van der Waals surface area contributed by atoms with Gasteiger partial charge in [0.25, 0.3) is 0 Å². The van der Waals surface area contributed by atoms with Crippen molar-refractivity contribution in [1.82, 2.24) is 9.78 Å². The maximum atomic E-state index is 4.66. The van der Waals surface area contributed by atoms with Crippen molar-refractivity contribution in [2.75, 3.05) is 0 Å². The lowest BCUT2D eigenvalue weighted by Gasteiger charge is -2.23. The molecule has 0 saturated heterocycles. The molecule has 0 radical (unpaired) electrons. The number of hydrogen-bond donors (Lipinski definition) is 0. The maximum absolute atomic E-state index is 4.66. The normalized spacial score (nSPS) is 30.5. The Kier molecular flexibility index (Phi) is 3.03. The number of rotatable bonds is 1. The third-order valence-electron chi connectivity index (χ3n) is 5.22. The number of hydrogen-bond acceptors (Lipinski definition) is 1. The molecule has 3 atom stereocenters. The second kappa shape index (κ2) is 4.36. The Labute approximate surface area is 117 Å². The highest BCUT2D eigenvalue weighted by Gasteiger charge is 2.50. The van der Waals surface area contributed by atoms with Crippen LogP contribution in [0.2, 0.25) is 0 Å². The van der Waals surface area contributed by atoms with E-state index in [2.05, 4.69) is 50.6 Å². The molecule has 1 fully saturated rings. The van der Waals surface area contributed by atoms with Gasteiger partial charge >= 0.3 is 0 Å². The summed E-state index contributed by atoms with van der Waals surface area (Å²) in [5.41, 5.74) is 3.15. The zero-order valence-corrected chi connectivity index (χ0v) is 13.1. The first-order valence-electron chi connectivity index (χ1n) is 7.96. The van der Waals surface area contributed by atoms with Gasteiger partial charge in [0.2, 0.25) is 0 Å². The molecule has 0 spiro atoms. The van der Waals surface area contributed by atoms with E-state index in [0.29, 0.717) is 0 Å². The monoisotopic (exact) mass is 260 g/mol. The fourth-order valence-corrected chi connectivity index (χ4v) is 4.36. The standard InChI is InChI=1S/C17H28N2/c1-11(2)16-13-7-6-12-10-18-19(17(3,4)5)15(12)9-8-14(13)16/h10-11,13-14,16H,6-9H2,1-5H3/t13-,14+,16-/m1/s1. The first-order chi connectivity index (χ1) is 8.89. The van der Waals surface area contributed by atoms with Crippen LogP contribution in [0.15, 0.2) is 6.20 Å². The van der Waals surface area contributed by atoms with Crippen LogP contribution in [0.4, 0.5) is 0 Å². The molecule has 2 heteroatoms. The van der Waals surface area contributed by atoms with Gasteiger partial charge in [0.1, 0.15) is 0 Å². The fraction of sp³-hybridized carbons (Fsp3) is 0.824. The van der Waals surface area contributed by atoms with E-state index >= 15 is 0 Å². The van der Waals surface area contributed by atoms with Crippen LogP contribution in [0.1, 0.15) is 58.7 Å². The average Bonchev–Trinajstić information content (AvgIpc) is 2.79. The summed E-state index contributed by atoms with van der Waals surface area (Å²) in [6.07, 6.45) is 7.37. The largest absolute Gasteiger partial charge is 0.264 e. The molecule has 2 nitrogen and oxygen atoms in total. The third kappa shape index (κ3) is 2.23. The SMILES string of the molecule is CC(C)[C@@H]1[C@@H]2CCc3cnn(C(C)(C)C)c3CC[C@@H]21. The van der Waals surface area contributed by atoms with Crippen LogP contribution in [0, 0.1) is 23.7 Å². The maximum Gasteiger partial charge on any atom is 0.0546 e. The molecule has 0 unspecified atom stereocenters. The van der Waals surface area contributed by atoms with Crippen molar-refractivity contribution >= 4 is 0 Å². The average molecular weight is 260 g/mol. The minimum Gasteiger partial charge on any atom is -0.264 e. The molecule has 1 heterocycles. The smallest absolute Gasteiger partial charge is 0.0546 e. The van der Waals surface area contributed by atoms with Crippen LogP contribution in [0.3, 0.4) is 0 Å². The number of nitrogens with zero attached hydrogens (tertiary/aromatic N) is 2. The molecule has 1 aromatic rings. The van der Waals surface area contributed by atoms with Crippen molar-refractivity contribution in [3.8, 4) is 0 Å². The highest BCUT2D eigenvalue weighted by molar-refractivity contribution is 5.22. The van der Waals surface area contributed by atoms with E-state index in [-0.39, 0.29) is 5.54 Å².